The number of hydrogen-bond donors (Lipinski definition) is 1. The molecule has 0 bridgehead atoms. The lowest BCUT2D eigenvalue weighted by atomic mass is 9.98. The van der Waals surface area contributed by atoms with Crippen molar-refractivity contribution < 1.29 is 22.1 Å². The number of nitrogens with one attached hydrogen (secondary N) is 1. The Balaban J connectivity index is 1.54. The molecule has 9 heteroatoms. The van der Waals surface area contributed by atoms with Crippen molar-refractivity contribution in [3.8, 4) is 0 Å². The molecule has 1 N–H and O–H groups in total. The Kier molecular flexibility index (Phi) is 6.95. The second-order valence-electron chi connectivity index (χ2n) is 8.38. The van der Waals surface area contributed by atoms with Gasteiger partial charge in [0.2, 0.25) is 15.9 Å². The number of piperidine rings is 1. The summed E-state index contributed by atoms with van der Waals surface area (Å²) in [5.74, 6) is -1.11. The summed E-state index contributed by atoms with van der Waals surface area (Å²) >= 11 is 0. The Morgan fingerprint density at radius 1 is 1.18 bits per heavy atom. The monoisotopic (exact) mass is 483 g/mol. The third-order valence-corrected chi connectivity index (χ3v) is 7.82. The van der Waals surface area contributed by atoms with Gasteiger partial charge in [0.15, 0.2) is 10.7 Å². The number of rotatable bonds is 6. The minimum Gasteiger partial charge on any atom is -0.355 e. The second kappa shape index (κ2) is 9.90. The highest BCUT2D eigenvalue weighted by Gasteiger charge is 2.37. The summed E-state index contributed by atoms with van der Waals surface area (Å²) in [5, 5.41) is 6.71. The summed E-state index contributed by atoms with van der Waals surface area (Å²) in [6.07, 6.45) is 3.99. The quantitative estimate of drug-likeness (QED) is 0.551. The number of carbonyl (C=O) groups excluding carboxylic acids is 1. The van der Waals surface area contributed by atoms with E-state index in [0.29, 0.717) is 24.1 Å². The van der Waals surface area contributed by atoms with Gasteiger partial charge >= 0.3 is 0 Å². The zero-order valence-electron chi connectivity index (χ0n) is 19.0. The van der Waals surface area contributed by atoms with E-state index in [1.165, 1.54) is 22.5 Å². The van der Waals surface area contributed by atoms with Crippen LogP contribution < -0.4 is 5.32 Å². The number of benzene rings is 2. The second-order valence-corrected chi connectivity index (χ2v) is 10.3. The van der Waals surface area contributed by atoms with Gasteiger partial charge in [-0.05, 0) is 62.6 Å². The van der Waals surface area contributed by atoms with Crippen LogP contribution in [0.1, 0.15) is 35.4 Å². The van der Waals surface area contributed by atoms with E-state index in [1.54, 1.807) is 31.2 Å². The molecule has 178 valence electrons. The predicted molar refractivity (Wildman–Crippen MR) is 128 cm³/mol. The highest BCUT2D eigenvalue weighted by atomic mass is 32.2. The fourth-order valence-electron chi connectivity index (χ4n) is 4.05. The number of halogens is 1. The molecule has 0 aliphatic carbocycles. The summed E-state index contributed by atoms with van der Waals surface area (Å²) in [7, 11) is -3.99. The van der Waals surface area contributed by atoms with Crippen LogP contribution in [0.5, 0.6) is 0 Å². The molecular formula is C25H26FN3O4S. The maximum Gasteiger partial charge on any atom is 0.248 e. The Morgan fingerprint density at radius 3 is 2.74 bits per heavy atom. The van der Waals surface area contributed by atoms with E-state index in [9.17, 15) is 17.6 Å². The van der Waals surface area contributed by atoms with Crippen LogP contribution in [0.2, 0.25) is 0 Å². The minimum absolute atomic E-state index is 0.0205. The largest absolute Gasteiger partial charge is 0.355 e. The fraction of sp³-hybridized carbons (Fsp3) is 0.280. The molecule has 1 fully saturated rings. The zero-order chi connectivity index (χ0) is 24.3. The highest BCUT2D eigenvalue weighted by molar-refractivity contribution is 7.89. The normalized spacial score (nSPS) is 17.2. The van der Waals surface area contributed by atoms with E-state index in [-0.39, 0.29) is 35.3 Å². The van der Waals surface area contributed by atoms with E-state index in [2.05, 4.69) is 10.5 Å². The molecule has 1 amide bonds. The Bertz CT molecular complexity index is 1330. The standard InChI is InChI=1S/C25H26FN3O4S/c1-17-7-5-10-21(15-17)27-25(30)20-9-6-14-29(16-20)34(31,32)24-18(2)28-33-23(24)13-12-19-8-3-4-11-22(19)26/h3-5,7-8,10-13,15,20H,6,9,14,16H2,1-2H3,(H,27,30)/b13-12+/t20-/m0/s1. The minimum atomic E-state index is -3.99. The molecule has 34 heavy (non-hydrogen) atoms. The van der Waals surface area contributed by atoms with Gasteiger partial charge in [0, 0.05) is 24.3 Å². The number of aromatic nitrogens is 1. The van der Waals surface area contributed by atoms with Crippen molar-refractivity contribution in [1.82, 2.24) is 9.46 Å². The van der Waals surface area contributed by atoms with Crippen LogP contribution in [0.3, 0.4) is 0 Å². The number of sulfonamides is 1. The number of aryl methyl sites for hydroxylation is 2. The van der Waals surface area contributed by atoms with Gasteiger partial charge in [-0.15, -0.1) is 0 Å². The molecule has 0 unspecified atom stereocenters. The molecule has 4 rings (SSSR count). The van der Waals surface area contributed by atoms with Crippen molar-refractivity contribution in [2.75, 3.05) is 18.4 Å². The summed E-state index contributed by atoms with van der Waals surface area (Å²) in [6, 6.07) is 13.6. The first kappa shape index (κ1) is 23.8. The number of hydrogen-bond acceptors (Lipinski definition) is 5. The third-order valence-electron chi connectivity index (χ3n) is 5.79. The molecule has 1 atom stereocenters. The summed E-state index contributed by atoms with van der Waals surface area (Å²) < 4.78 is 47.6. The fourth-order valence-corrected chi connectivity index (χ4v) is 5.82. The lowest BCUT2D eigenvalue weighted by molar-refractivity contribution is -0.120. The first-order valence-corrected chi connectivity index (χ1v) is 12.5. The summed E-state index contributed by atoms with van der Waals surface area (Å²) in [6.45, 7) is 3.82. The van der Waals surface area contributed by atoms with Crippen LogP contribution in [0.15, 0.2) is 57.9 Å². The Hall–Kier alpha value is -3.30. The molecule has 1 saturated heterocycles. The summed E-state index contributed by atoms with van der Waals surface area (Å²) in [5.41, 5.74) is 2.20. The lowest BCUT2D eigenvalue weighted by Crippen LogP contribution is -2.43. The molecule has 1 aliphatic rings. The van der Waals surface area contributed by atoms with Gasteiger partial charge in [-0.1, -0.05) is 35.5 Å². The highest BCUT2D eigenvalue weighted by Crippen LogP contribution is 2.30. The maximum atomic E-state index is 14.0. The number of nitrogens with zero attached hydrogens (tertiary/aromatic N) is 2. The van der Waals surface area contributed by atoms with Crippen molar-refractivity contribution >= 4 is 33.8 Å². The Labute approximate surface area is 198 Å². The van der Waals surface area contributed by atoms with E-state index < -0.39 is 21.8 Å². The molecular weight excluding hydrogens is 457 g/mol. The van der Waals surface area contributed by atoms with Crippen molar-refractivity contribution in [3.05, 3.63) is 76.9 Å². The average molecular weight is 484 g/mol. The van der Waals surface area contributed by atoms with E-state index in [4.69, 9.17) is 4.52 Å². The van der Waals surface area contributed by atoms with E-state index in [0.717, 1.165) is 5.56 Å². The first-order chi connectivity index (χ1) is 16.3. The summed E-state index contributed by atoms with van der Waals surface area (Å²) in [4.78, 5) is 12.8. The van der Waals surface area contributed by atoms with Gasteiger partial charge < -0.3 is 9.84 Å². The van der Waals surface area contributed by atoms with Crippen LogP contribution >= 0.6 is 0 Å². The van der Waals surface area contributed by atoms with Gasteiger partial charge in [0.25, 0.3) is 0 Å². The number of anilines is 1. The SMILES string of the molecule is Cc1cccc(NC(=O)[C@H]2CCCN(S(=O)(=O)c3c(C)noc3/C=C/c3ccccc3F)C2)c1. The molecule has 0 spiro atoms. The van der Waals surface area contributed by atoms with Crippen LogP contribution in [-0.2, 0) is 14.8 Å². The van der Waals surface area contributed by atoms with E-state index in [1.807, 2.05) is 25.1 Å². The number of amides is 1. The topological polar surface area (TPSA) is 92.5 Å². The van der Waals surface area contributed by atoms with Gasteiger partial charge in [-0.2, -0.15) is 4.31 Å². The van der Waals surface area contributed by atoms with Crippen LogP contribution in [0, 0.1) is 25.6 Å². The van der Waals surface area contributed by atoms with Crippen LogP contribution in [-0.4, -0.2) is 36.9 Å². The molecule has 3 aromatic rings. The molecule has 0 radical (unpaired) electrons. The first-order valence-electron chi connectivity index (χ1n) is 11.0. The molecule has 1 aliphatic heterocycles. The maximum absolute atomic E-state index is 14.0. The van der Waals surface area contributed by atoms with Gasteiger partial charge in [-0.3, -0.25) is 4.79 Å². The predicted octanol–water partition coefficient (Wildman–Crippen LogP) is 4.64. The van der Waals surface area contributed by atoms with E-state index >= 15 is 0 Å². The van der Waals surface area contributed by atoms with Crippen molar-refractivity contribution in [2.45, 2.75) is 31.6 Å². The molecule has 1 aromatic heterocycles. The zero-order valence-corrected chi connectivity index (χ0v) is 19.8. The molecule has 7 nitrogen and oxygen atoms in total. The molecule has 2 aromatic carbocycles. The van der Waals surface area contributed by atoms with Crippen molar-refractivity contribution in [2.24, 2.45) is 5.92 Å². The third kappa shape index (κ3) is 5.10. The number of carbonyl (C=O) groups is 1. The molecule has 2 heterocycles. The Morgan fingerprint density at radius 2 is 1.97 bits per heavy atom. The van der Waals surface area contributed by atoms with Gasteiger partial charge in [0.05, 0.1) is 5.92 Å². The smallest absolute Gasteiger partial charge is 0.248 e. The lowest BCUT2D eigenvalue weighted by Gasteiger charge is -2.31. The van der Waals surface area contributed by atoms with Gasteiger partial charge in [0.1, 0.15) is 11.5 Å². The van der Waals surface area contributed by atoms with Crippen LogP contribution in [0.25, 0.3) is 12.2 Å². The van der Waals surface area contributed by atoms with Crippen LogP contribution in [0.4, 0.5) is 10.1 Å². The van der Waals surface area contributed by atoms with Crippen molar-refractivity contribution in [3.63, 3.8) is 0 Å². The van der Waals surface area contributed by atoms with Crippen molar-refractivity contribution in [1.29, 1.82) is 0 Å². The molecule has 0 saturated carbocycles. The average Bonchev–Trinajstić information content (AvgIpc) is 3.19. The van der Waals surface area contributed by atoms with Gasteiger partial charge in [-0.25, -0.2) is 12.8 Å².